The predicted molar refractivity (Wildman–Crippen MR) is 93.3 cm³/mol. The van der Waals surface area contributed by atoms with Crippen LogP contribution in [0.2, 0.25) is 0 Å². The molecule has 0 aromatic heterocycles. The number of benzene rings is 1. The second-order valence-corrected chi connectivity index (χ2v) is 6.66. The lowest BCUT2D eigenvalue weighted by Crippen LogP contribution is -2.45. The van der Waals surface area contributed by atoms with Gasteiger partial charge in [-0.15, -0.1) is 0 Å². The van der Waals surface area contributed by atoms with Crippen molar-refractivity contribution in [2.75, 3.05) is 33.3 Å². The summed E-state index contributed by atoms with van der Waals surface area (Å²) in [6.07, 6.45) is 1.17. The maximum Gasteiger partial charge on any atom is 0.309 e. The van der Waals surface area contributed by atoms with Crippen LogP contribution in [0.1, 0.15) is 38.3 Å². The fourth-order valence-electron chi connectivity index (χ4n) is 3.15. The second kappa shape index (κ2) is 9.07. The quantitative estimate of drug-likeness (QED) is 0.725. The van der Waals surface area contributed by atoms with Crippen LogP contribution in [0.3, 0.4) is 0 Å². The lowest BCUT2D eigenvalue weighted by molar-refractivity contribution is -0.151. The van der Waals surface area contributed by atoms with Gasteiger partial charge in [-0.1, -0.05) is 0 Å². The first-order valence-electron chi connectivity index (χ1n) is 8.93. The molecule has 1 fully saturated rings. The molecule has 144 valence electrons. The van der Waals surface area contributed by atoms with Gasteiger partial charge in [0.1, 0.15) is 11.6 Å². The Hall–Kier alpha value is -2.02. The number of amides is 1. The Kier molecular flexibility index (Phi) is 7.08. The molecule has 26 heavy (non-hydrogen) atoms. The molecular weight excluding hydrogens is 342 g/mol. The number of halogens is 2. The van der Waals surface area contributed by atoms with E-state index >= 15 is 0 Å². The number of hydrogen-bond donors (Lipinski definition) is 0. The van der Waals surface area contributed by atoms with Crippen molar-refractivity contribution < 1.29 is 23.1 Å². The van der Waals surface area contributed by atoms with E-state index in [1.54, 1.807) is 30.7 Å². The maximum atomic E-state index is 13.9. The zero-order valence-electron chi connectivity index (χ0n) is 15.5. The van der Waals surface area contributed by atoms with Crippen molar-refractivity contribution in [1.29, 1.82) is 0 Å². The molecule has 1 aromatic rings. The molecule has 0 aliphatic carbocycles. The fourth-order valence-corrected chi connectivity index (χ4v) is 3.15. The number of esters is 1. The minimum atomic E-state index is -0.506. The van der Waals surface area contributed by atoms with E-state index in [4.69, 9.17) is 4.74 Å². The van der Waals surface area contributed by atoms with Gasteiger partial charge in [0.05, 0.1) is 19.1 Å². The molecule has 0 radical (unpaired) electrons. The van der Waals surface area contributed by atoms with Crippen molar-refractivity contribution in [1.82, 2.24) is 9.80 Å². The van der Waals surface area contributed by atoms with Gasteiger partial charge in [-0.25, -0.2) is 8.78 Å². The van der Waals surface area contributed by atoms with Crippen LogP contribution in [0, 0.1) is 17.6 Å². The number of likely N-dealkylation sites (N-methyl/N-ethyl adjacent to an activating group) is 1. The first kappa shape index (κ1) is 20.3. The van der Waals surface area contributed by atoms with Crippen LogP contribution < -0.4 is 0 Å². The summed E-state index contributed by atoms with van der Waals surface area (Å²) >= 11 is 0. The van der Waals surface area contributed by atoms with Crippen LogP contribution in [0.5, 0.6) is 0 Å². The van der Waals surface area contributed by atoms with Gasteiger partial charge in [-0.2, -0.15) is 0 Å². The minimum Gasteiger partial charge on any atom is -0.466 e. The van der Waals surface area contributed by atoms with Crippen molar-refractivity contribution in [2.45, 2.75) is 32.7 Å². The van der Waals surface area contributed by atoms with E-state index in [-0.39, 0.29) is 29.9 Å². The van der Waals surface area contributed by atoms with E-state index in [9.17, 15) is 18.4 Å². The second-order valence-electron chi connectivity index (χ2n) is 6.66. The molecule has 5 nitrogen and oxygen atoms in total. The molecule has 0 bridgehead atoms. The van der Waals surface area contributed by atoms with Crippen LogP contribution in [0.4, 0.5) is 8.78 Å². The van der Waals surface area contributed by atoms with Crippen molar-refractivity contribution in [2.24, 2.45) is 5.92 Å². The number of piperidine rings is 1. The van der Waals surface area contributed by atoms with Crippen LogP contribution in [-0.4, -0.2) is 55.0 Å². The van der Waals surface area contributed by atoms with E-state index in [0.29, 0.717) is 32.5 Å². The Morgan fingerprint density at radius 2 is 1.96 bits per heavy atom. The number of nitrogens with zero attached hydrogens (tertiary/aromatic N) is 2. The summed E-state index contributed by atoms with van der Waals surface area (Å²) in [5.74, 6) is -1.44. The summed E-state index contributed by atoms with van der Waals surface area (Å²) in [6.45, 7) is 4.96. The number of hydrogen-bond acceptors (Lipinski definition) is 4. The van der Waals surface area contributed by atoms with Crippen molar-refractivity contribution in [3.63, 3.8) is 0 Å². The molecule has 2 rings (SSSR count). The standard InChI is InChI=1S/C19H26F2N2O3/c1-4-26-19(25)14-7-9-23(10-8-14)18(24)12-22(3)13(2)16-11-15(20)5-6-17(16)21/h5-6,11,13-14H,4,7-10,12H2,1-3H3/t13-/m0/s1. The third kappa shape index (κ3) is 5.00. The summed E-state index contributed by atoms with van der Waals surface area (Å²) in [4.78, 5) is 27.7. The highest BCUT2D eigenvalue weighted by atomic mass is 19.1. The Balaban J connectivity index is 1.89. The number of carbonyl (C=O) groups excluding carboxylic acids is 2. The molecule has 7 heteroatoms. The van der Waals surface area contributed by atoms with E-state index in [1.807, 2.05) is 0 Å². The average molecular weight is 368 g/mol. The lowest BCUT2D eigenvalue weighted by Gasteiger charge is -2.33. The van der Waals surface area contributed by atoms with Gasteiger partial charge in [0, 0.05) is 24.7 Å². The fraction of sp³-hybridized carbons (Fsp3) is 0.579. The van der Waals surface area contributed by atoms with E-state index < -0.39 is 17.7 Å². The maximum absolute atomic E-state index is 13.9. The molecule has 1 aliphatic rings. The van der Waals surface area contributed by atoms with Crippen molar-refractivity contribution in [3.8, 4) is 0 Å². The summed E-state index contributed by atoms with van der Waals surface area (Å²) in [7, 11) is 1.71. The third-order valence-electron chi connectivity index (χ3n) is 4.92. The number of rotatable bonds is 6. The highest BCUT2D eigenvalue weighted by Crippen LogP contribution is 2.24. The molecule has 1 aliphatic heterocycles. The average Bonchev–Trinajstić information content (AvgIpc) is 2.63. The molecule has 0 N–H and O–H groups in total. The van der Waals surface area contributed by atoms with Gasteiger partial charge in [0.15, 0.2) is 0 Å². The lowest BCUT2D eigenvalue weighted by atomic mass is 9.97. The third-order valence-corrected chi connectivity index (χ3v) is 4.92. The van der Waals surface area contributed by atoms with Crippen LogP contribution in [0.15, 0.2) is 18.2 Å². The van der Waals surface area contributed by atoms with E-state index in [0.717, 1.165) is 18.2 Å². The number of likely N-dealkylation sites (tertiary alicyclic amines) is 1. The summed E-state index contributed by atoms with van der Waals surface area (Å²) in [5.41, 5.74) is 0.223. The molecule has 1 saturated heterocycles. The Morgan fingerprint density at radius 3 is 2.58 bits per heavy atom. The topological polar surface area (TPSA) is 49.9 Å². The molecule has 1 atom stereocenters. The molecule has 1 aromatic carbocycles. The van der Waals surface area contributed by atoms with Crippen LogP contribution in [-0.2, 0) is 14.3 Å². The Bertz CT molecular complexity index is 646. The van der Waals surface area contributed by atoms with Gasteiger partial charge in [-0.05, 0) is 51.9 Å². The SMILES string of the molecule is CCOC(=O)C1CCN(C(=O)CN(C)[C@@H](C)c2cc(F)ccc2F)CC1. The van der Waals surface area contributed by atoms with Crippen LogP contribution in [0.25, 0.3) is 0 Å². The predicted octanol–water partition coefficient (Wildman–Crippen LogP) is 2.76. The molecule has 1 heterocycles. The summed E-state index contributed by atoms with van der Waals surface area (Å²) in [5, 5.41) is 0. The van der Waals surface area contributed by atoms with Gasteiger partial charge < -0.3 is 9.64 Å². The zero-order valence-corrected chi connectivity index (χ0v) is 15.5. The highest BCUT2D eigenvalue weighted by Gasteiger charge is 2.29. The molecule has 0 saturated carbocycles. The van der Waals surface area contributed by atoms with Crippen LogP contribution >= 0.6 is 0 Å². The van der Waals surface area contributed by atoms with Crippen molar-refractivity contribution in [3.05, 3.63) is 35.4 Å². The Labute approximate surface area is 152 Å². The normalized spacial score (nSPS) is 16.6. The smallest absolute Gasteiger partial charge is 0.309 e. The highest BCUT2D eigenvalue weighted by molar-refractivity contribution is 5.79. The Morgan fingerprint density at radius 1 is 1.31 bits per heavy atom. The number of ether oxygens (including phenoxy) is 1. The first-order valence-corrected chi connectivity index (χ1v) is 8.93. The summed E-state index contributed by atoms with van der Waals surface area (Å²) < 4.78 is 32.3. The molecule has 1 amide bonds. The minimum absolute atomic E-state index is 0.0847. The zero-order chi connectivity index (χ0) is 19.3. The van der Waals surface area contributed by atoms with E-state index in [1.165, 1.54) is 0 Å². The summed E-state index contributed by atoms with van der Waals surface area (Å²) in [6, 6.07) is 2.89. The number of carbonyl (C=O) groups is 2. The largest absolute Gasteiger partial charge is 0.466 e. The monoisotopic (exact) mass is 368 g/mol. The van der Waals surface area contributed by atoms with E-state index in [2.05, 4.69) is 0 Å². The van der Waals surface area contributed by atoms with Gasteiger partial charge in [-0.3, -0.25) is 14.5 Å². The molecular formula is C19H26F2N2O3. The van der Waals surface area contributed by atoms with Gasteiger partial charge in [0.2, 0.25) is 5.91 Å². The van der Waals surface area contributed by atoms with Gasteiger partial charge in [0.25, 0.3) is 0 Å². The van der Waals surface area contributed by atoms with Gasteiger partial charge >= 0.3 is 5.97 Å². The molecule has 0 unspecified atom stereocenters. The van der Waals surface area contributed by atoms with Crippen molar-refractivity contribution >= 4 is 11.9 Å². The first-order chi connectivity index (χ1) is 12.3. The molecule has 0 spiro atoms.